The number of aromatic hydroxyl groups is 1. The highest BCUT2D eigenvalue weighted by Crippen LogP contribution is 2.27. The molecule has 0 unspecified atom stereocenters. The Morgan fingerprint density at radius 2 is 1.80 bits per heavy atom. The van der Waals surface area contributed by atoms with Gasteiger partial charge in [-0.3, -0.25) is 0 Å². The number of nitrogens with zero attached hydrogens (tertiary/aromatic N) is 1. The SMILES string of the molecule is Cc1cc(Cl)nc(Cl)c1NCc1cc(F)c(O)c(F)c1. The largest absolute Gasteiger partial charge is 0.503 e. The number of aromatic nitrogens is 1. The van der Waals surface area contributed by atoms with Crippen LogP contribution in [0.1, 0.15) is 11.1 Å². The molecule has 2 aromatic rings. The molecule has 3 nitrogen and oxygen atoms in total. The first-order chi connectivity index (χ1) is 9.38. The lowest BCUT2D eigenvalue weighted by atomic mass is 10.2. The topological polar surface area (TPSA) is 45.2 Å². The molecule has 2 rings (SSSR count). The number of hydrogen-bond donors (Lipinski definition) is 2. The number of phenols is 1. The molecule has 0 radical (unpaired) electrons. The molecule has 0 amide bonds. The first kappa shape index (κ1) is 14.8. The Kier molecular flexibility index (Phi) is 4.30. The van der Waals surface area contributed by atoms with E-state index in [0.717, 1.165) is 17.7 Å². The van der Waals surface area contributed by atoms with Crippen molar-refractivity contribution in [2.45, 2.75) is 13.5 Å². The van der Waals surface area contributed by atoms with Crippen LogP contribution in [-0.2, 0) is 6.54 Å². The number of aryl methyl sites for hydroxylation is 1. The Morgan fingerprint density at radius 3 is 2.35 bits per heavy atom. The summed E-state index contributed by atoms with van der Waals surface area (Å²) in [7, 11) is 0. The Balaban J connectivity index is 2.21. The highest BCUT2D eigenvalue weighted by molar-refractivity contribution is 6.34. The van der Waals surface area contributed by atoms with E-state index >= 15 is 0 Å². The number of hydrogen-bond acceptors (Lipinski definition) is 3. The van der Waals surface area contributed by atoms with Gasteiger partial charge in [-0.25, -0.2) is 13.8 Å². The van der Waals surface area contributed by atoms with Crippen LogP contribution in [0.3, 0.4) is 0 Å². The lowest BCUT2D eigenvalue weighted by molar-refractivity contribution is 0.395. The van der Waals surface area contributed by atoms with Gasteiger partial charge in [0.1, 0.15) is 5.15 Å². The third-order valence-electron chi connectivity index (χ3n) is 2.69. The lowest BCUT2D eigenvalue weighted by Crippen LogP contribution is -2.04. The van der Waals surface area contributed by atoms with Crippen molar-refractivity contribution in [3.05, 3.63) is 51.3 Å². The van der Waals surface area contributed by atoms with Gasteiger partial charge in [0.25, 0.3) is 0 Å². The number of phenolic OH excluding ortho intramolecular Hbond substituents is 1. The van der Waals surface area contributed by atoms with Gasteiger partial charge in [-0.2, -0.15) is 0 Å². The van der Waals surface area contributed by atoms with Gasteiger partial charge in [0.15, 0.2) is 22.5 Å². The monoisotopic (exact) mass is 318 g/mol. The average molecular weight is 319 g/mol. The van der Waals surface area contributed by atoms with Crippen molar-refractivity contribution in [3.63, 3.8) is 0 Å². The van der Waals surface area contributed by atoms with Crippen molar-refractivity contribution in [1.82, 2.24) is 4.98 Å². The fraction of sp³-hybridized carbons (Fsp3) is 0.154. The van der Waals surface area contributed by atoms with Crippen molar-refractivity contribution < 1.29 is 13.9 Å². The van der Waals surface area contributed by atoms with Crippen LogP contribution >= 0.6 is 23.2 Å². The molecule has 0 aliphatic carbocycles. The quantitative estimate of drug-likeness (QED) is 0.830. The van der Waals surface area contributed by atoms with E-state index in [0.29, 0.717) is 11.3 Å². The zero-order chi connectivity index (χ0) is 14.9. The smallest absolute Gasteiger partial charge is 0.187 e. The van der Waals surface area contributed by atoms with Crippen LogP contribution in [0.5, 0.6) is 5.75 Å². The highest BCUT2D eigenvalue weighted by atomic mass is 35.5. The van der Waals surface area contributed by atoms with E-state index in [2.05, 4.69) is 10.3 Å². The summed E-state index contributed by atoms with van der Waals surface area (Å²) < 4.78 is 26.4. The Hall–Kier alpha value is -1.59. The molecule has 106 valence electrons. The first-order valence-electron chi connectivity index (χ1n) is 5.62. The van der Waals surface area contributed by atoms with Crippen molar-refractivity contribution in [2.75, 3.05) is 5.32 Å². The van der Waals surface area contributed by atoms with Gasteiger partial charge in [-0.15, -0.1) is 0 Å². The summed E-state index contributed by atoms with van der Waals surface area (Å²) in [4.78, 5) is 3.88. The lowest BCUT2D eigenvalue weighted by Gasteiger charge is -2.12. The van der Waals surface area contributed by atoms with Crippen LogP contribution in [-0.4, -0.2) is 10.1 Å². The molecule has 0 saturated carbocycles. The molecule has 0 saturated heterocycles. The molecule has 7 heteroatoms. The van der Waals surface area contributed by atoms with Crippen molar-refractivity contribution >= 4 is 28.9 Å². The predicted molar refractivity (Wildman–Crippen MR) is 74.3 cm³/mol. The molecular formula is C13H10Cl2F2N2O. The van der Waals surface area contributed by atoms with E-state index in [4.69, 9.17) is 28.3 Å². The van der Waals surface area contributed by atoms with Crippen LogP contribution in [0, 0.1) is 18.6 Å². The molecule has 2 N–H and O–H groups in total. The molecule has 0 aliphatic heterocycles. The maximum absolute atomic E-state index is 13.2. The highest BCUT2D eigenvalue weighted by Gasteiger charge is 2.11. The summed E-state index contributed by atoms with van der Waals surface area (Å²) >= 11 is 11.7. The maximum atomic E-state index is 13.2. The van der Waals surface area contributed by atoms with Gasteiger partial charge in [0.05, 0.1) is 5.69 Å². The van der Waals surface area contributed by atoms with Gasteiger partial charge in [-0.05, 0) is 36.2 Å². The third kappa shape index (κ3) is 3.11. The number of pyridine rings is 1. The van der Waals surface area contributed by atoms with Gasteiger partial charge >= 0.3 is 0 Å². The van der Waals surface area contributed by atoms with Crippen molar-refractivity contribution in [2.24, 2.45) is 0 Å². The summed E-state index contributed by atoms with van der Waals surface area (Å²) in [5, 5.41) is 12.4. The molecule has 0 spiro atoms. The second kappa shape index (κ2) is 5.81. The zero-order valence-corrected chi connectivity index (χ0v) is 11.9. The molecule has 0 atom stereocenters. The molecule has 0 aliphatic rings. The van der Waals surface area contributed by atoms with Crippen molar-refractivity contribution in [1.29, 1.82) is 0 Å². The van der Waals surface area contributed by atoms with E-state index < -0.39 is 17.4 Å². The van der Waals surface area contributed by atoms with E-state index in [1.807, 2.05) is 0 Å². The van der Waals surface area contributed by atoms with Gasteiger partial charge in [0.2, 0.25) is 0 Å². The number of anilines is 1. The second-order valence-electron chi connectivity index (χ2n) is 4.19. The van der Waals surface area contributed by atoms with E-state index in [1.54, 1.807) is 13.0 Å². The Labute approximate surface area is 124 Å². The molecule has 20 heavy (non-hydrogen) atoms. The molecule has 0 bridgehead atoms. The molecule has 1 heterocycles. The van der Waals surface area contributed by atoms with Crippen LogP contribution < -0.4 is 5.32 Å². The summed E-state index contributed by atoms with van der Waals surface area (Å²) in [6.45, 7) is 1.90. The van der Waals surface area contributed by atoms with Crippen LogP contribution in [0.2, 0.25) is 10.3 Å². The standard InChI is InChI=1S/C13H10Cl2F2N2O/c1-6-2-10(14)19-13(15)11(6)18-5-7-3-8(16)12(20)9(17)4-7/h2-4,18,20H,5H2,1H3. The van der Waals surface area contributed by atoms with Crippen LogP contribution in [0.25, 0.3) is 0 Å². The molecule has 1 aromatic carbocycles. The average Bonchev–Trinajstić information content (AvgIpc) is 2.34. The normalized spacial score (nSPS) is 10.7. The molecule has 0 fully saturated rings. The fourth-order valence-electron chi connectivity index (χ4n) is 1.72. The van der Waals surface area contributed by atoms with Crippen LogP contribution in [0.15, 0.2) is 18.2 Å². The minimum absolute atomic E-state index is 0.123. The fourth-order valence-corrected chi connectivity index (χ4v) is 2.32. The minimum Gasteiger partial charge on any atom is -0.503 e. The Bertz CT molecular complexity index is 619. The zero-order valence-electron chi connectivity index (χ0n) is 10.3. The summed E-state index contributed by atoms with van der Waals surface area (Å²) in [6.07, 6.45) is 0. The van der Waals surface area contributed by atoms with E-state index in [1.165, 1.54) is 0 Å². The first-order valence-corrected chi connectivity index (χ1v) is 6.37. The summed E-state index contributed by atoms with van der Waals surface area (Å²) in [5.41, 5.74) is 1.61. The predicted octanol–water partition coefficient (Wildman–Crippen LogP) is 4.29. The van der Waals surface area contributed by atoms with Gasteiger partial charge in [-0.1, -0.05) is 23.2 Å². The van der Waals surface area contributed by atoms with Crippen molar-refractivity contribution in [3.8, 4) is 5.75 Å². The summed E-state index contributed by atoms with van der Waals surface area (Å²) in [6, 6.07) is 3.70. The Morgan fingerprint density at radius 1 is 1.20 bits per heavy atom. The number of rotatable bonds is 3. The van der Waals surface area contributed by atoms with E-state index in [-0.39, 0.29) is 16.9 Å². The van der Waals surface area contributed by atoms with E-state index in [9.17, 15) is 8.78 Å². The number of benzene rings is 1. The number of halogens is 4. The second-order valence-corrected chi connectivity index (χ2v) is 4.93. The third-order valence-corrected chi connectivity index (χ3v) is 3.15. The summed E-state index contributed by atoms with van der Waals surface area (Å²) in [5.74, 6) is -3.02. The van der Waals surface area contributed by atoms with Gasteiger partial charge < -0.3 is 10.4 Å². The van der Waals surface area contributed by atoms with Gasteiger partial charge in [0, 0.05) is 6.54 Å². The molecular weight excluding hydrogens is 309 g/mol. The minimum atomic E-state index is -1.01. The molecule has 1 aromatic heterocycles. The maximum Gasteiger partial charge on any atom is 0.187 e. The number of nitrogens with one attached hydrogen (secondary N) is 1. The van der Waals surface area contributed by atoms with Crippen LogP contribution in [0.4, 0.5) is 14.5 Å².